The van der Waals surface area contributed by atoms with Gasteiger partial charge >= 0.3 is 11.9 Å². The first kappa shape index (κ1) is 36.3. The Morgan fingerprint density at radius 1 is 1.07 bits per heavy atom. The van der Waals surface area contributed by atoms with Gasteiger partial charge in [-0.3, -0.25) is 19.3 Å². The second-order valence-electron chi connectivity index (χ2n) is 13.6. The van der Waals surface area contributed by atoms with Gasteiger partial charge in [-0.2, -0.15) is 27.1 Å². The average Bonchev–Trinajstić information content (AvgIpc) is 3.46. The number of fused-ring (bicyclic) bond motifs is 4. The van der Waals surface area contributed by atoms with Crippen molar-refractivity contribution in [2.45, 2.75) is 56.5 Å². The molecule has 3 atom stereocenters. The molecule has 1 saturated carbocycles. The number of alkyl halides is 5. The SMILES string of the molecule is C=C1[C@@H]2c3c(C(F)(F)F)nn(CC(=O)N[C@@H](Cc4cc(F)cc(F)c4)c4nc(C#CC(C)(C)O)ccc4-c4cccc5c(=O)[nH]c(=O)[nH]c45)c3C(F)(F)[C@H]12. The van der Waals surface area contributed by atoms with E-state index in [1.54, 1.807) is 0 Å². The number of H-pyrrole nitrogens is 2. The quantitative estimate of drug-likeness (QED) is 0.100. The first-order valence-electron chi connectivity index (χ1n) is 16.2. The second-order valence-corrected chi connectivity index (χ2v) is 13.6. The van der Waals surface area contributed by atoms with Crippen molar-refractivity contribution in [2.24, 2.45) is 5.92 Å². The predicted molar refractivity (Wildman–Crippen MR) is 179 cm³/mol. The Bertz CT molecular complexity index is 2570. The largest absolute Gasteiger partial charge is 0.435 e. The van der Waals surface area contributed by atoms with Crippen LogP contribution in [-0.4, -0.2) is 41.3 Å². The fourth-order valence-corrected chi connectivity index (χ4v) is 6.93. The molecule has 10 nitrogen and oxygen atoms in total. The number of pyridine rings is 1. The Balaban J connectivity index is 1.38. The van der Waals surface area contributed by atoms with Crippen LogP contribution in [0, 0.1) is 29.4 Å². The lowest BCUT2D eigenvalue weighted by Gasteiger charge is -2.23. The zero-order valence-corrected chi connectivity index (χ0v) is 28.1. The maximum absolute atomic E-state index is 15.5. The molecule has 3 aromatic heterocycles. The number of benzene rings is 2. The van der Waals surface area contributed by atoms with E-state index in [1.165, 1.54) is 44.2 Å². The highest BCUT2D eigenvalue weighted by Crippen LogP contribution is 2.71. The van der Waals surface area contributed by atoms with Gasteiger partial charge in [0.15, 0.2) is 5.69 Å². The summed E-state index contributed by atoms with van der Waals surface area (Å²) in [5.41, 5.74) is -6.22. The number of amides is 1. The molecule has 2 aliphatic rings. The topological polar surface area (TPSA) is 146 Å². The van der Waals surface area contributed by atoms with Crippen molar-refractivity contribution in [1.29, 1.82) is 0 Å². The Kier molecular flexibility index (Phi) is 8.44. The molecule has 0 spiro atoms. The summed E-state index contributed by atoms with van der Waals surface area (Å²) < 4.78 is 102. The molecule has 1 fully saturated rings. The smallest absolute Gasteiger partial charge is 0.378 e. The van der Waals surface area contributed by atoms with Crippen LogP contribution < -0.4 is 16.6 Å². The standard InChI is InChI=1S/C37H27F7N6O4/c1-16-26-27-31(37(42,43)44)49-50(32(27)36(40,41)28(16)26)15-25(51)46-24(13-17-11-18(38)14-19(39)12-17)30-22(8-7-20(45-30)9-10-35(2,3)54)21-5-4-6-23-29(21)47-34(53)48-33(23)52/h4-8,11-12,14,24,26,28,54H,1,13,15H2,2-3H3,(H,46,51)(H2,47,48,52,53)/t24-,26+,28+/m0/s1. The minimum atomic E-state index is -5.13. The lowest BCUT2D eigenvalue weighted by molar-refractivity contribution is -0.142. The number of allylic oxidation sites excluding steroid dienone is 1. The van der Waals surface area contributed by atoms with Crippen molar-refractivity contribution in [2.75, 3.05) is 0 Å². The molecule has 0 unspecified atom stereocenters. The maximum Gasteiger partial charge on any atom is 0.435 e. The van der Waals surface area contributed by atoms with E-state index >= 15 is 8.78 Å². The number of nitrogens with zero attached hydrogens (tertiary/aromatic N) is 3. The minimum Gasteiger partial charge on any atom is -0.378 e. The molecule has 0 aliphatic heterocycles. The molecule has 0 radical (unpaired) electrons. The van der Waals surface area contributed by atoms with Gasteiger partial charge in [0.05, 0.1) is 28.6 Å². The van der Waals surface area contributed by atoms with E-state index in [0.29, 0.717) is 10.7 Å². The molecular weight excluding hydrogens is 725 g/mol. The van der Waals surface area contributed by atoms with Crippen LogP contribution in [0.3, 0.4) is 0 Å². The molecule has 1 amide bonds. The fraction of sp³-hybridized carbons (Fsp3) is 0.270. The van der Waals surface area contributed by atoms with Crippen LogP contribution in [0.1, 0.15) is 59.7 Å². The Labute approximate surface area is 299 Å². The third kappa shape index (κ3) is 6.57. The molecule has 54 heavy (non-hydrogen) atoms. The van der Waals surface area contributed by atoms with Crippen molar-refractivity contribution in [3.63, 3.8) is 0 Å². The summed E-state index contributed by atoms with van der Waals surface area (Å²) in [6.45, 7) is 5.15. The van der Waals surface area contributed by atoms with Gasteiger partial charge in [0.2, 0.25) is 5.91 Å². The van der Waals surface area contributed by atoms with Gasteiger partial charge in [0.25, 0.3) is 11.5 Å². The second kappa shape index (κ2) is 12.5. The molecule has 2 aromatic carbocycles. The average molecular weight is 753 g/mol. The summed E-state index contributed by atoms with van der Waals surface area (Å²) in [5.74, 6) is -4.48. The summed E-state index contributed by atoms with van der Waals surface area (Å²) in [5, 5.41) is 16.2. The molecule has 5 aromatic rings. The number of aromatic nitrogens is 5. The number of carbonyl (C=O) groups is 1. The zero-order valence-electron chi connectivity index (χ0n) is 28.1. The third-order valence-corrected chi connectivity index (χ3v) is 9.10. The van der Waals surface area contributed by atoms with Gasteiger partial charge in [-0.05, 0) is 62.1 Å². The van der Waals surface area contributed by atoms with Crippen LogP contribution in [0.2, 0.25) is 0 Å². The van der Waals surface area contributed by atoms with Crippen LogP contribution in [0.15, 0.2) is 70.3 Å². The number of carbonyl (C=O) groups excluding carboxylic acids is 1. The maximum atomic E-state index is 15.5. The van der Waals surface area contributed by atoms with Crippen molar-refractivity contribution in [3.05, 3.63) is 127 Å². The van der Waals surface area contributed by atoms with Crippen LogP contribution >= 0.6 is 0 Å². The normalized spacial score (nSPS) is 17.8. The highest BCUT2D eigenvalue weighted by molar-refractivity contribution is 5.93. The number of nitrogens with one attached hydrogen (secondary N) is 3. The zero-order chi connectivity index (χ0) is 39.1. The van der Waals surface area contributed by atoms with E-state index in [9.17, 15) is 41.4 Å². The van der Waals surface area contributed by atoms with E-state index in [2.05, 4.69) is 43.8 Å². The molecule has 3 heterocycles. The van der Waals surface area contributed by atoms with Gasteiger partial charge in [0, 0.05) is 28.7 Å². The van der Waals surface area contributed by atoms with E-state index in [-0.39, 0.29) is 44.6 Å². The minimum absolute atomic E-state index is 0.0194. The first-order valence-corrected chi connectivity index (χ1v) is 16.2. The van der Waals surface area contributed by atoms with Gasteiger partial charge in [-0.15, -0.1) is 0 Å². The number of para-hydroxylation sites is 1. The van der Waals surface area contributed by atoms with Crippen molar-refractivity contribution >= 4 is 16.8 Å². The summed E-state index contributed by atoms with van der Waals surface area (Å²) in [7, 11) is 0. The highest BCUT2D eigenvalue weighted by atomic mass is 19.4. The van der Waals surface area contributed by atoms with E-state index in [1.807, 2.05) is 0 Å². The Morgan fingerprint density at radius 3 is 2.44 bits per heavy atom. The number of halogens is 7. The lowest BCUT2D eigenvalue weighted by Crippen LogP contribution is -2.35. The number of aromatic amines is 2. The van der Waals surface area contributed by atoms with Gasteiger partial charge in [-0.25, -0.2) is 18.6 Å². The van der Waals surface area contributed by atoms with E-state index < -0.39 is 94.3 Å². The molecule has 17 heteroatoms. The van der Waals surface area contributed by atoms with Gasteiger partial charge < -0.3 is 15.4 Å². The lowest BCUT2D eigenvalue weighted by atomic mass is 9.93. The fourth-order valence-electron chi connectivity index (χ4n) is 6.93. The summed E-state index contributed by atoms with van der Waals surface area (Å²) in [6.07, 6.45) is -5.55. The predicted octanol–water partition coefficient (Wildman–Crippen LogP) is 5.37. The Morgan fingerprint density at radius 2 is 1.78 bits per heavy atom. The Hall–Kier alpha value is -6.02. The van der Waals surface area contributed by atoms with E-state index in [0.717, 1.165) is 12.1 Å². The van der Waals surface area contributed by atoms with E-state index in [4.69, 9.17) is 0 Å². The van der Waals surface area contributed by atoms with Crippen LogP contribution in [0.25, 0.3) is 22.0 Å². The molecule has 0 bridgehead atoms. The molecule has 2 aliphatic carbocycles. The monoisotopic (exact) mass is 752 g/mol. The summed E-state index contributed by atoms with van der Waals surface area (Å²) >= 11 is 0. The summed E-state index contributed by atoms with van der Waals surface area (Å²) in [4.78, 5) is 48.1. The first-order chi connectivity index (χ1) is 25.2. The van der Waals surface area contributed by atoms with Crippen LogP contribution in [0.4, 0.5) is 30.7 Å². The van der Waals surface area contributed by atoms with Crippen LogP contribution in [0.5, 0.6) is 0 Å². The molecule has 4 N–H and O–H groups in total. The molecule has 0 saturated heterocycles. The highest BCUT2D eigenvalue weighted by Gasteiger charge is 2.71. The molecule has 7 rings (SSSR count). The molecular formula is C37H27F7N6O4. The van der Waals surface area contributed by atoms with Gasteiger partial charge in [0.1, 0.15) is 35.2 Å². The third-order valence-electron chi connectivity index (χ3n) is 9.10. The number of aliphatic hydroxyl groups is 1. The molecule has 278 valence electrons. The van der Waals surface area contributed by atoms with Crippen molar-refractivity contribution < 1.29 is 40.6 Å². The number of hydrogen-bond donors (Lipinski definition) is 4. The van der Waals surface area contributed by atoms with Crippen molar-refractivity contribution in [3.8, 4) is 23.0 Å². The number of rotatable bonds is 7. The summed E-state index contributed by atoms with van der Waals surface area (Å²) in [6, 6.07) is 8.42. The van der Waals surface area contributed by atoms with Crippen molar-refractivity contribution in [1.82, 2.24) is 30.0 Å². The van der Waals surface area contributed by atoms with Crippen LogP contribution in [-0.2, 0) is 29.9 Å². The number of hydrogen-bond acceptors (Lipinski definition) is 6. The van der Waals surface area contributed by atoms with Gasteiger partial charge in [-0.1, -0.05) is 30.2 Å².